The number of para-hydroxylation sites is 1. The summed E-state index contributed by atoms with van der Waals surface area (Å²) < 4.78 is 11.3. The van der Waals surface area contributed by atoms with Gasteiger partial charge in [0.25, 0.3) is 0 Å². The number of nitrogens with one attached hydrogen (secondary N) is 1. The van der Waals surface area contributed by atoms with E-state index >= 15 is 0 Å². The third-order valence-electron chi connectivity index (χ3n) is 3.08. The standard InChI is InChI=1S/C15H14ClN3O2/c1-3-17-15-14(20-2)12(18-8-19-15)11-7-9-5-4-6-10(16)13(9)21-11/h4-8H,3H2,1-2H3,(H,17,18,19). The number of benzene rings is 1. The van der Waals surface area contributed by atoms with Crippen LogP contribution in [0.15, 0.2) is 35.0 Å². The van der Waals surface area contributed by atoms with E-state index in [0.717, 1.165) is 11.9 Å². The number of anilines is 1. The van der Waals surface area contributed by atoms with Crippen LogP contribution in [0.3, 0.4) is 0 Å². The molecule has 1 aromatic carbocycles. The Kier molecular flexibility index (Phi) is 3.66. The maximum atomic E-state index is 6.14. The first-order chi connectivity index (χ1) is 10.2. The fraction of sp³-hybridized carbons (Fsp3) is 0.200. The molecule has 6 heteroatoms. The molecule has 1 N–H and O–H groups in total. The van der Waals surface area contributed by atoms with Crippen molar-refractivity contribution in [1.82, 2.24) is 9.97 Å². The molecular weight excluding hydrogens is 290 g/mol. The monoisotopic (exact) mass is 303 g/mol. The highest BCUT2D eigenvalue weighted by molar-refractivity contribution is 6.34. The summed E-state index contributed by atoms with van der Waals surface area (Å²) in [5.41, 5.74) is 1.23. The van der Waals surface area contributed by atoms with Gasteiger partial charge in [-0.05, 0) is 19.1 Å². The van der Waals surface area contributed by atoms with Crippen molar-refractivity contribution < 1.29 is 9.15 Å². The van der Waals surface area contributed by atoms with Crippen molar-refractivity contribution in [2.24, 2.45) is 0 Å². The number of methoxy groups -OCH3 is 1. The van der Waals surface area contributed by atoms with Gasteiger partial charge in [0, 0.05) is 11.9 Å². The van der Waals surface area contributed by atoms with Gasteiger partial charge in [0.15, 0.2) is 28.6 Å². The first-order valence-corrected chi connectivity index (χ1v) is 6.93. The highest BCUT2D eigenvalue weighted by Crippen LogP contribution is 2.37. The molecule has 3 rings (SSSR count). The lowest BCUT2D eigenvalue weighted by molar-refractivity contribution is 0.413. The van der Waals surface area contributed by atoms with E-state index in [2.05, 4.69) is 15.3 Å². The smallest absolute Gasteiger partial charge is 0.190 e. The molecule has 108 valence electrons. The summed E-state index contributed by atoms with van der Waals surface area (Å²) in [6.45, 7) is 2.72. The lowest BCUT2D eigenvalue weighted by Crippen LogP contribution is -2.04. The summed E-state index contributed by atoms with van der Waals surface area (Å²) in [5.74, 6) is 1.78. The highest BCUT2D eigenvalue weighted by Gasteiger charge is 2.17. The second-order valence-electron chi connectivity index (χ2n) is 4.40. The Morgan fingerprint density at radius 3 is 2.90 bits per heavy atom. The van der Waals surface area contributed by atoms with E-state index in [1.54, 1.807) is 13.2 Å². The molecule has 0 saturated heterocycles. The molecule has 0 amide bonds. The largest absolute Gasteiger partial charge is 0.491 e. The lowest BCUT2D eigenvalue weighted by Gasteiger charge is -2.10. The van der Waals surface area contributed by atoms with Gasteiger partial charge in [0.1, 0.15) is 6.33 Å². The minimum Gasteiger partial charge on any atom is -0.491 e. The molecule has 0 aliphatic heterocycles. The van der Waals surface area contributed by atoms with Gasteiger partial charge in [-0.1, -0.05) is 23.7 Å². The number of ether oxygens (including phenoxy) is 1. The van der Waals surface area contributed by atoms with Gasteiger partial charge in [-0.2, -0.15) is 0 Å². The Labute approximate surface area is 126 Å². The van der Waals surface area contributed by atoms with Gasteiger partial charge >= 0.3 is 0 Å². The van der Waals surface area contributed by atoms with Gasteiger partial charge in [0.2, 0.25) is 0 Å². The maximum Gasteiger partial charge on any atom is 0.190 e. The Morgan fingerprint density at radius 2 is 2.19 bits per heavy atom. The van der Waals surface area contributed by atoms with Crippen LogP contribution < -0.4 is 10.1 Å². The predicted octanol–water partition coefficient (Wildman–Crippen LogP) is 3.98. The van der Waals surface area contributed by atoms with Crippen molar-refractivity contribution in [3.63, 3.8) is 0 Å². The van der Waals surface area contributed by atoms with Gasteiger partial charge in [-0.25, -0.2) is 9.97 Å². The Balaban J connectivity index is 2.18. The van der Waals surface area contributed by atoms with Gasteiger partial charge in [0.05, 0.1) is 12.1 Å². The van der Waals surface area contributed by atoms with Crippen molar-refractivity contribution in [2.45, 2.75) is 6.92 Å². The first kappa shape index (κ1) is 13.7. The minimum absolute atomic E-state index is 0.550. The zero-order valence-corrected chi connectivity index (χ0v) is 12.4. The van der Waals surface area contributed by atoms with Crippen LogP contribution in [-0.2, 0) is 0 Å². The van der Waals surface area contributed by atoms with E-state index in [-0.39, 0.29) is 0 Å². The molecule has 0 bridgehead atoms. The van der Waals surface area contributed by atoms with E-state index in [4.69, 9.17) is 20.8 Å². The molecule has 0 saturated carbocycles. The number of rotatable bonds is 4. The maximum absolute atomic E-state index is 6.14. The van der Waals surface area contributed by atoms with Crippen LogP contribution in [0.4, 0.5) is 5.82 Å². The summed E-state index contributed by atoms with van der Waals surface area (Å²) >= 11 is 6.14. The van der Waals surface area contributed by atoms with Crippen molar-refractivity contribution >= 4 is 28.4 Å². The van der Waals surface area contributed by atoms with Gasteiger partial charge < -0.3 is 14.5 Å². The van der Waals surface area contributed by atoms with E-state index in [0.29, 0.717) is 33.6 Å². The topological polar surface area (TPSA) is 60.2 Å². The quantitative estimate of drug-likeness (QED) is 0.790. The van der Waals surface area contributed by atoms with Crippen LogP contribution in [0.1, 0.15) is 6.92 Å². The second kappa shape index (κ2) is 5.61. The molecule has 0 radical (unpaired) electrons. The molecule has 2 aromatic heterocycles. The van der Waals surface area contributed by atoms with Gasteiger partial charge in [-0.15, -0.1) is 0 Å². The molecule has 0 fully saturated rings. The lowest BCUT2D eigenvalue weighted by atomic mass is 10.2. The van der Waals surface area contributed by atoms with Crippen molar-refractivity contribution in [2.75, 3.05) is 19.0 Å². The average Bonchev–Trinajstić information content (AvgIpc) is 2.93. The van der Waals surface area contributed by atoms with E-state index in [1.807, 2.05) is 25.1 Å². The Morgan fingerprint density at radius 1 is 1.33 bits per heavy atom. The van der Waals surface area contributed by atoms with Crippen LogP contribution >= 0.6 is 11.6 Å². The normalized spacial score (nSPS) is 10.8. The summed E-state index contributed by atoms with van der Waals surface area (Å²) in [7, 11) is 1.58. The molecule has 5 nitrogen and oxygen atoms in total. The number of hydrogen-bond donors (Lipinski definition) is 1. The number of nitrogens with zero attached hydrogens (tertiary/aromatic N) is 2. The molecule has 2 heterocycles. The third kappa shape index (κ3) is 2.40. The zero-order valence-electron chi connectivity index (χ0n) is 11.7. The van der Waals surface area contributed by atoms with Crippen molar-refractivity contribution in [3.8, 4) is 17.2 Å². The number of fused-ring (bicyclic) bond motifs is 1. The SMILES string of the molecule is CCNc1ncnc(-c2cc3cccc(Cl)c3o2)c1OC. The van der Waals surface area contributed by atoms with Gasteiger partial charge in [-0.3, -0.25) is 0 Å². The van der Waals surface area contributed by atoms with E-state index in [1.165, 1.54) is 6.33 Å². The Hall–Kier alpha value is -2.27. The van der Waals surface area contributed by atoms with Crippen LogP contribution in [0.25, 0.3) is 22.4 Å². The molecule has 3 aromatic rings. The van der Waals surface area contributed by atoms with E-state index in [9.17, 15) is 0 Å². The van der Waals surface area contributed by atoms with Crippen molar-refractivity contribution in [1.29, 1.82) is 0 Å². The zero-order chi connectivity index (χ0) is 14.8. The number of hydrogen-bond acceptors (Lipinski definition) is 5. The number of aromatic nitrogens is 2. The van der Waals surface area contributed by atoms with Crippen LogP contribution in [0, 0.1) is 0 Å². The number of furan rings is 1. The third-order valence-corrected chi connectivity index (χ3v) is 3.38. The van der Waals surface area contributed by atoms with Crippen LogP contribution in [-0.4, -0.2) is 23.6 Å². The molecule has 0 spiro atoms. The second-order valence-corrected chi connectivity index (χ2v) is 4.81. The first-order valence-electron chi connectivity index (χ1n) is 6.56. The average molecular weight is 304 g/mol. The fourth-order valence-corrected chi connectivity index (χ4v) is 2.40. The highest BCUT2D eigenvalue weighted by atomic mass is 35.5. The molecule has 0 atom stereocenters. The summed E-state index contributed by atoms with van der Waals surface area (Å²) in [4.78, 5) is 8.46. The van der Waals surface area contributed by atoms with E-state index < -0.39 is 0 Å². The summed E-state index contributed by atoms with van der Waals surface area (Å²) in [6, 6.07) is 7.50. The van der Waals surface area contributed by atoms with Crippen LogP contribution in [0.2, 0.25) is 5.02 Å². The summed E-state index contributed by atoms with van der Waals surface area (Å²) in [6.07, 6.45) is 1.48. The molecule has 0 aliphatic rings. The molecule has 21 heavy (non-hydrogen) atoms. The fourth-order valence-electron chi connectivity index (χ4n) is 2.18. The minimum atomic E-state index is 0.550. The van der Waals surface area contributed by atoms with Crippen LogP contribution in [0.5, 0.6) is 5.75 Å². The Bertz CT molecular complexity index is 786. The molecule has 0 aliphatic carbocycles. The van der Waals surface area contributed by atoms with Crippen molar-refractivity contribution in [3.05, 3.63) is 35.6 Å². The molecule has 0 unspecified atom stereocenters. The summed E-state index contributed by atoms with van der Waals surface area (Å²) in [5, 5.41) is 4.63. The number of halogens is 1. The molecular formula is C15H14ClN3O2. The predicted molar refractivity (Wildman–Crippen MR) is 83.0 cm³/mol.